The molecule has 0 saturated heterocycles. The van der Waals surface area contributed by atoms with Crippen molar-refractivity contribution in [3.8, 4) is 0 Å². The largest absolute Gasteiger partial charge is 0.383 e. The van der Waals surface area contributed by atoms with Gasteiger partial charge < -0.3 is 15.8 Å². The van der Waals surface area contributed by atoms with Gasteiger partial charge in [0.1, 0.15) is 0 Å². The van der Waals surface area contributed by atoms with Crippen molar-refractivity contribution in [1.29, 1.82) is 0 Å². The molecule has 1 saturated carbocycles. The van der Waals surface area contributed by atoms with Crippen LogP contribution in [0.25, 0.3) is 0 Å². The number of hydrogen-bond acceptors (Lipinski definition) is 3. The van der Waals surface area contributed by atoms with Crippen LogP contribution < -0.4 is 11.1 Å². The number of nitrogens with one attached hydrogen (secondary N) is 1. The van der Waals surface area contributed by atoms with Crippen molar-refractivity contribution in [2.45, 2.75) is 25.3 Å². The third-order valence-corrected chi connectivity index (χ3v) is 2.70. The molecule has 0 aromatic heterocycles. The predicted octanol–water partition coefficient (Wildman–Crippen LogP) is -0.124. The molecule has 0 aromatic rings. The van der Waals surface area contributed by atoms with Crippen LogP contribution >= 0.6 is 0 Å². The molecule has 0 spiro atoms. The van der Waals surface area contributed by atoms with Crippen molar-refractivity contribution in [3.63, 3.8) is 0 Å². The van der Waals surface area contributed by atoms with Crippen molar-refractivity contribution < 1.29 is 9.53 Å². The lowest BCUT2D eigenvalue weighted by atomic mass is 9.95. The van der Waals surface area contributed by atoms with Gasteiger partial charge in [-0.1, -0.05) is 0 Å². The van der Waals surface area contributed by atoms with Crippen LogP contribution in [-0.2, 0) is 9.53 Å². The van der Waals surface area contributed by atoms with E-state index in [1.54, 1.807) is 7.11 Å². The first-order valence-electron chi connectivity index (χ1n) is 4.65. The summed E-state index contributed by atoms with van der Waals surface area (Å²) < 4.78 is 4.90. The molecular formula is C9H18N2O2. The molecule has 13 heavy (non-hydrogen) atoms. The van der Waals surface area contributed by atoms with Gasteiger partial charge in [0.05, 0.1) is 12.1 Å². The average molecular weight is 186 g/mol. The van der Waals surface area contributed by atoms with E-state index in [1.807, 2.05) is 6.92 Å². The Morgan fingerprint density at radius 1 is 1.69 bits per heavy atom. The lowest BCUT2D eigenvalue weighted by molar-refractivity contribution is -0.124. The summed E-state index contributed by atoms with van der Waals surface area (Å²) in [6, 6.07) is 0. The topological polar surface area (TPSA) is 64.3 Å². The van der Waals surface area contributed by atoms with Crippen molar-refractivity contribution in [1.82, 2.24) is 5.32 Å². The molecule has 1 atom stereocenters. The molecule has 1 aliphatic carbocycles. The quantitative estimate of drug-likeness (QED) is 0.568. The van der Waals surface area contributed by atoms with Crippen LogP contribution in [0.5, 0.6) is 0 Å². The fourth-order valence-electron chi connectivity index (χ4n) is 1.51. The Kier molecular flexibility index (Phi) is 3.27. The number of carbonyl (C=O) groups excluding carboxylic acids is 1. The highest BCUT2D eigenvalue weighted by Crippen LogP contribution is 2.39. The maximum absolute atomic E-state index is 11.2. The van der Waals surface area contributed by atoms with Crippen LogP contribution in [0.3, 0.4) is 0 Å². The molecule has 0 radical (unpaired) electrons. The Hall–Kier alpha value is -0.610. The van der Waals surface area contributed by atoms with Gasteiger partial charge in [-0.25, -0.2) is 0 Å². The zero-order valence-corrected chi connectivity index (χ0v) is 8.30. The fraction of sp³-hybridized carbons (Fsp3) is 0.889. The third kappa shape index (κ3) is 2.42. The highest BCUT2D eigenvalue weighted by molar-refractivity contribution is 5.85. The molecule has 0 aromatic carbocycles. The van der Waals surface area contributed by atoms with Gasteiger partial charge in [0, 0.05) is 13.7 Å². The molecule has 1 aliphatic rings. The molecule has 1 rings (SSSR count). The zero-order chi connectivity index (χ0) is 9.90. The van der Waals surface area contributed by atoms with Crippen LogP contribution in [0.15, 0.2) is 0 Å². The molecule has 4 nitrogen and oxygen atoms in total. The van der Waals surface area contributed by atoms with Crippen molar-refractivity contribution in [2.75, 3.05) is 20.3 Å². The molecule has 1 unspecified atom stereocenters. The number of methoxy groups -OCH3 is 1. The van der Waals surface area contributed by atoms with Crippen LogP contribution in [0.1, 0.15) is 19.8 Å². The maximum atomic E-state index is 11.2. The van der Waals surface area contributed by atoms with E-state index in [4.69, 9.17) is 10.5 Å². The van der Waals surface area contributed by atoms with E-state index < -0.39 is 5.54 Å². The number of carbonyl (C=O) groups is 1. The Morgan fingerprint density at radius 3 is 2.69 bits per heavy atom. The normalized spacial score (nSPS) is 21.1. The van der Waals surface area contributed by atoms with Gasteiger partial charge in [0.25, 0.3) is 0 Å². The summed E-state index contributed by atoms with van der Waals surface area (Å²) in [4.78, 5) is 11.2. The van der Waals surface area contributed by atoms with Crippen LogP contribution in [0, 0.1) is 5.92 Å². The number of nitrogens with two attached hydrogens (primary N) is 1. The summed E-state index contributed by atoms with van der Waals surface area (Å²) >= 11 is 0. The van der Waals surface area contributed by atoms with E-state index in [0.29, 0.717) is 19.1 Å². The zero-order valence-electron chi connectivity index (χ0n) is 8.30. The van der Waals surface area contributed by atoms with E-state index in [0.717, 1.165) is 12.8 Å². The van der Waals surface area contributed by atoms with E-state index in [-0.39, 0.29) is 5.91 Å². The van der Waals surface area contributed by atoms with Gasteiger partial charge in [-0.2, -0.15) is 0 Å². The van der Waals surface area contributed by atoms with Gasteiger partial charge in [-0.3, -0.25) is 4.79 Å². The Morgan fingerprint density at radius 2 is 2.31 bits per heavy atom. The summed E-state index contributed by atoms with van der Waals surface area (Å²) in [6.45, 7) is 3.16. The number of hydrogen-bond donors (Lipinski definition) is 2. The third-order valence-electron chi connectivity index (χ3n) is 2.70. The van der Waals surface area contributed by atoms with E-state index >= 15 is 0 Å². The lowest BCUT2D eigenvalue weighted by Gasteiger charge is -2.27. The van der Waals surface area contributed by atoms with Gasteiger partial charge in [-0.05, 0) is 25.7 Å². The van der Waals surface area contributed by atoms with Crippen molar-refractivity contribution in [2.24, 2.45) is 11.7 Å². The van der Waals surface area contributed by atoms with Crippen LogP contribution in [-0.4, -0.2) is 31.7 Å². The Bertz CT molecular complexity index is 192. The molecule has 0 bridgehead atoms. The average Bonchev–Trinajstić information content (AvgIpc) is 2.86. The molecule has 3 N–H and O–H groups in total. The van der Waals surface area contributed by atoms with Gasteiger partial charge in [0.15, 0.2) is 0 Å². The highest BCUT2D eigenvalue weighted by atomic mass is 16.5. The Balaban J connectivity index is 2.42. The second kappa shape index (κ2) is 4.07. The summed E-state index contributed by atoms with van der Waals surface area (Å²) in [5.41, 5.74) is 4.82. The molecule has 76 valence electrons. The summed E-state index contributed by atoms with van der Waals surface area (Å²) in [6.07, 6.45) is 2.19. The predicted molar refractivity (Wildman–Crippen MR) is 50.2 cm³/mol. The molecular weight excluding hydrogens is 168 g/mol. The van der Waals surface area contributed by atoms with Gasteiger partial charge in [-0.15, -0.1) is 0 Å². The Labute approximate surface area is 78.8 Å². The first kappa shape index (κ1) is 10.5. The number of rotatable bonds is 6. The lowest BCUT2D eigenvalue weighted by Crippen LogP contribution is -2.55. The second-order valence-electron chi connectivity index (χ2n) is 3.76. The minimum absolute atomic E-state index is 0.258. The summed E-state index contributed by atoms with van der Waals surface area (Å²) in [7, 11) is 1.64. The summed E-state index contributed by atoms with van der Waals surface area (Å²) in [5.74, 6) is 0.160. The standard InChI is InChI=1S/C9H18N2O2/c1-9(8(10)12,7-3-4-7)11-5-6-13-2/h7,11H,3-6H2,1-2H3,(H2,10,12). The van der Waals surface area contributed by atoms with Gasteiger partial charge >= 0.3 is 0 Å². The fourth-order valence-corrected chi connectivity index (χ4v) is 1.51. The molecule has 1 fully saturated rings. The number of ether oxygens (including phenoxy) is 1. The number of amides is 1. The van der Waals surface area contributed by atoms with E-state index in [2.05, 4.69) is 5.32 Å². The number of primary amides is 1. The minimum Gasteiger partial charge on any atom is -0.383 e. The molecule has 4 heteroatoms. The van der Waals surface area contributed by atoms with Crippen molar-refractivity contribution >= 4 is 5.91 Å². The molecule has 1 amide bonds. The van der Waals surface area contributed by atoms with Gasteiger partial charge in [0.2, 0.25) is 5.91 Å². The van der Waals surface area contributed by atoms with Crippen molar-refractivity contribution in [3.05, 3.63) is 0 Å². The highest BCUT2D eigenvalue weighted by Gasteiger charge is 2.45. The van der Waals surface area contributed by atoms with Crippen LogP contribution in [0.4, 0.5) is 0 Å². The first-order chi connectivity index (χ1) is 6.11. The molecule has 0 heterocycles. The van der Waals surface area contributed by atoms with E-state index in [1.165, 1.54) is 0 Å². The molecule has 0 aliphatic heterocycles. The first-order valence-corrected chi connectivity index (χ1v) is 4.65. The van der Waals surface area contributed by atoms with E-state index in [9.17, 15) is 4.79 Å². The van der Waals surface area contributed by atoms with Crippen LogP contribution in [0.2, 0.25) is 0 Å². The second-order valence-corrected chi connectivity index (χ2v) is 3.76. The summed E-state index contributed by atoms with van der Waals surface area (Å²) in [5, 5.41) is 3.16. The SMILES string of the molecule is COCCNC(C)(C(N)=O)C1CC1. The monoisotopic (exact) mass is 186 g/mol. The minimum atomic E-state index is -0.529. The smallest absolute Gasteiger partial charge is 0.237 e. The maximum Gasteiger partial charge on any atom is 0.237 e.